The average Bonchev–Trinajstić information content (AvgIpc) is 2.75. The maximum Gasteiger partial charge on any atom is 0.302 e. The second kappa shape index (κ2) is 5.26. The van der Waals surface area contributed by atoms with E-state index in [4.69, 9.17) is 4.74 Å². The molecule has 0 amide bonds. The SMILES string of the molecule is CCC1=C2CC[C@]3(C)[C@@H](OC(C)=O)CC[C@H]3[C@@H]2CCC1=O. The summed E-state index contributed by atoms with van der Waals surface area (Å²) in [5, 5.41) is 0. The third kappa shape index (κ3) is 2.25. The Hall–Kier alpha value is -1.12. The molecule has 0 saturated heterocycles. The molecule has 2 saturated carbocycles. The highest BCUT2D eigenvalue weighted by Gasteiger charge is 2.55. The monoisotopic (exact) mass is 290 g/mol. The molecule has 3 heteroatoms. The molecule has 0 aromatic heterocycles. The average molecular weight is 290 g/mol. The molecule has 4 atom stereocenters. The lowest BCUT2D eigenvalue weighted by atomic mass is 9.58. The van der Waals surface area contributed by atoms with Crippen molar-refractivity contribution in [3.05, 3.63) is 11.1 Å². The van der Waals surface area contributed by atoms with E-state index in [0.29, 0.717) is 24.0 Å². The lowest BCUT2D eigenvalue weighted by molar-refractivity contribution is -0.153. The van der Waals surface area contributed by atoms with Crippen molar-refractivity contribution in [2.24, 2.45) is 17.3 Å². The summed E-state index contributed by atoms with van der Waals surface area (Å²) >= 11 is 0. The van der Waals surface area contributed by atoms with Crippen LogP contribution in [0.4, 0.5) is 0 Å². The van der Waals surface area contributed by atoms with Gasteiger partial charge < -0.3 is 4.74 Å². The van der Waals surface area contributed by atoms with Crippen molar-refractivity contribution >= 4 is 11.8 Å². The van der Waals surface area contributed by atoms with Crippen molar-refractivity contribution < 1.29 is 14.3 Å². The Morgan fingerprint density at radius 3 is 2.71 bits per heavy atom. The van der Waals surface area contributed by atoms with Crippen molar-refractivity contribution in [1.82, 2.24) is 0 Å². The Balaban J connectivity index is 1.91. The highest BCUT2D eigenvalue weighted by atomic mass is 16.5. The molecule has 0 aromatic carbocycles. The van der Waals surface area contributed by atoms with Crippen molar-refractivity contribution in [3.8, 4) is 0 Å². The van der Waals surface area contributed by atoms with E-state index in [1.54, 1.807) is 0 Å². The van der Waals surface area contributed by atoms with Crippen molar-refractivity contribution in [3.63, 3.8) is 0 Å². The van der Waals surface area contributed by atoms with Crippen LogP contribution in [0.1, 0.15) is 65.7 Å². The highest BCUT2D eigenvalue weighted by molar-refractivity contribution is 5.97. The number of Topliss-reactive ketones (excluding diaryl/α,β-unsaturated/α-hetero) is 1. The normalized spacial score (nSPS) is 39.0. The van der Waals surface area contributed by atoms with E-state index in [-0.39, 0.29) is 17.5 Å². The fourth-order valence-corrected chi connectivity index (χ4v) is 5.25. The van der Waals surface area contributed by atoms with E-state index in [2.05, 4.69) is 13.8 Å². The molecule has 0 heterocycles. The number of fused-ring (bicyclic) bond motifs is 3. The van der Waals surface area contributed by atoms with Crippen LogP contribution >= 0.6 is 0 Å². The van der Waals surface area contributed by atoms with Crippen molar-refractivity contribution in [2.45, 2.75) is 71.8 Å². The fraction of sp³-hybridized carbons (Fsp3) is 0.778. The third-order valence-corrected chi connectivity index (χ3v) is 6.26. The molecule has 0 N–H and O–H groups in total. The summed E-state index contributed by atoms with van der Waals surface area (Å²) in [5.41, 5.74) is 2.67. The van der Waals surface area contributed by atoms with E-state index in [1.807, 2.05) is 0 Å². The van der Waals surface area contributed by atoms with Crippen LogP contribution in [-0.4, -0.2) is 17.9 Å². The standard InChI is InChI=1S/C18H26O3/c1-4-12-13-9-10-18(3)15(14(13)5-7-16(12)20)6-8-17(18)21-11(2)19/h14-15,17H,4-10H2,1-3H3/t14-,15+,17+,18+/m1/s1. The van der Waals surface area contributed by atoms with Gasteiger partial charge in [0.2, 0.25) is 0 Å². The third-order valence-electron chi connectivity index (χ3n) is 6.26. The summed E-state index contributed by atoms with van der Waals surface area (Å²) < 4.78 is 5.62. The van der Waals surface area contributed by atoms with Gasteiger partial charge in [-0.15, -0.1) is 0 Å². The topological polar surface area (TPSA) is 43.4 Å². The van der Waals surface area contributed by atoms with E-state index < -0.39 is 0 Å². The number of carbonyl (C=O) groups excluding carboxylic acids is 2. The number of rotatable bonds is 2. The number of carbonyl (C=O) groups is 2. The molecule has 116 valence electrons. The highest BCUT2D eigenvalue weighted by Crippen LogP contribution is 2.59. The summed E-state index contributed by atoms with van der Waals surface area (Å²) in [7, 11) is 0. The van der Waals surface area contributed by atoms with E-state index in [0.717, 1.165) is 44.1 Å². The number of hydrogen-bond acceptors (Lipinski definition) is 3. The molecule has 2 fully saturated rings. The summed E-state index contributed by atoms with van der Waals surface area (Å²) in [6, 6.07) is 0. The molecule has 21 heavy (non-hydrogen) atoms. The molecule has 0 unspecified atom stereocenters. The molecule has 0 aliphatic heterocycles. The molecule has 0 radical (unpaired) electrons. The molecule has 3 aliphatic carbocycles. The van der Waals surface area contributed by atoms with Crippen LogP contribution in [0, 0.1) is 17.3 Å². The van der Waals surface area contributed by atoms with Gasteiger partial charge in [-0.25, -0.2) is 0 Å². The van der Waals surface area contributed by atoms with Gasteiger partial charge in [0.15, 0.2) is 5.78 Å². The maximum absolute atomic E-state index is 12.1. The van der Waals surface area contributed by atoms with Gasteiger partial charge in [-0.05, 0) is 55.9 Å². The summed E-state index contributed by atoms with van der Waals surface area (Å²) in [6.07, 6.45) is 6.86. The summed E-state index contributed by atoms with van der Waals surface area (Å²) in [6.45, 7) is 5.92. The van der Waals surface area contributed by atoms with Crippen LogP contribution in [0.2, 0.25) is 0 Å². The van der Waals surface area contributed by atoms with Crippen LogP contribution in [0.5, 0.6) is 0 Å². The van der Waals surface area contributed by atoms with Crippen LogP contribution < -0.4 is 0 Å². The van der Waals surface area contributed by atoms with Crippen LogP contribution in [-0.2, 0) is 14.3 Å². The zero-order valence-corrected chi connectivity index (χ0v) is 13.4. The van der Waals surface area contributed by atoms with Crippen LogP contribution in [0.15, 0.2) is 11.1 Å². The number of hydrogen-bond donors (Lipinski definition) is 0. The fourth-order valence-electron chi connectivity index (χ4n) is 5.25. The largest absolute Gasteiger partial charge is 0.462 e. The van der Waals surface area contributed by atoms with Gasteiger partial charge in [-0.3, -0.25) is 9.59 Å². The number of ketones is 1. The van der Waals surface area contributed by atoms with Crippen LogP contribution in [0.3, 0.4) is 0 Å². The molecular weight excluding hydrogens is 264 g/mol. The zero-order valence-electron chi connectivity index (χ0n) is 13.4. The van der Waals surface area contributed by atoms with Gasteiger partial charge in [0.25, 0.3) is 0 Å². The van der Waals surface area contributed by atoms with Gasteiger partial charge in [0, 0.05) is 18.8 Å². The molecule has 3 rings (SSSR count). The smallest absolute Gasteiger partial charge is 0.302 e. The first-order valence-electron chi connectivity index (χ1n) is 8.39. The zero-order chi connectivity index (χ0) is 15.2. The molecule has 0 bridgehead atoms. The quantitative estimate of drug-likeness (QED) is 0.726. The first kappa shape index (κ1) is 14.8. The molecule has 3 aliphatic rings. The molecule has 3 nitrogen and oxygen atoms in total. The van der Waals surface area contributed by atoms with Gasteiger partial charge >= 0.3 is 5.97 Å². The minimum absolute atomic E-state index is 0.0734. The van der Waals surface area contributed by atoms with E-state index in [1.165, 1.54) is 12.5 Å². The predicted octanol–water partition coefficient (Wildman–Crippen LogP) is 3.81. The Morgan fingerprint density at radius 2 is 2.05 bits per heavy atom. The Kier molecular flexibility index (Phi) is 3.71. The minimum Gasteiger partial charge on any atom is -0.462 e. The van der Waals surface area contributed by atoms with Gasteiger partial charge in [0.1, 0.15) is 6.10 Å². The van der Waals surface area contributed by atoms with Gasteiger partial charge in [-0.2, -0.15) is 0 Å². The van der Waals surface area contributed by atoms with Crippen LogP contribution in [0.25, 0.3) is 0 Å². The molecular formula is C18H26O3. The molecule has 0 aromatic rings. The maximum atomic E-state index is 12.1. The number of ether oxygens (including phenoxy) is 1. The van der Waals surface area contributed by atoms with E-state index >= 15 is 0 Å². The van der Waals surface area contributed by atoms with Crippen molar-refractivity contribution in [2.75, 3.05) is 0 Å². The Morgan fingerprint density at radius 1 is 1.29 bits per heavy atom. The first-order chi connectivity index (χ1) is 9.97. The Bertz CT molecular complexity index is 505. The number of allylic oxidation sites excluding steroid dienone is 2. The van der Waals surface area contributed by atoms with Gasteiger partial charge in [0.05, 0.1) is 0 Å². The summed E-state index contributed by atoms with van der Waals surface area (Å²) in [5.74, 6) is 1.36. The van der Waals surface area contributed by atoms with Gasteiger partial charge in [-0.1, -0.05) is 19.4 Å². The lowest BCUT2D eigenvalue weighted by Crippen LogP contribution is -2.43. The minimum atomic E-state index is -0.156. The lowest BCUT2D eigenvalue weighted by Gasteiger charge is -2.47. The first-order valence-corrected chi connectivity index (χ1v) is 8.39. The predicted molar refractivity (Wildman–Crippen MR) is 80.7 cm³/mol. The summed E-state index contributed by atoms with van der Waals surface area (Å²) in [4.78, 5) is 23.5. The number of esters is 1. The van der Waals surface area contributed by atoms with E-state index in [9.17, 15) is 9.59 Å². The second-order valence-corrected chi connectivity index (χ2v) is 7.21. The van der Waals surface area contributed by atoms with Crippen molar-refractivity contribution in [1.29, 1.82) is 0 Å². The Labute approximate surface area is 127 Å². The second-order valence-electron chi connectivity index (χ2n) is 7.21. The molecule has 0 spiro atoms.